The Bertz CT molecular complexity index is 888. The number of ketones is 1. The predicted octanol–water partition coefficient (Wildman–Crippen LogP) is 4.79. The van der Waals surface area contributed by atoms with Crippen LogP contribution >= 0.6 is 11.6 Å². The van der Waals surface area contributed by atoms with Crippen molar-refractivity contribution in [3.63, 3.8) is 0 Å². The van der Waals surface area contributed by atoms with Crippen molar-refractivity contribution in [2.45, 2.75) is 0 Å². The van der Waals surface area contributed by atoms with E-state index < -0.39 is 5.97 Å². The maximum atomic E-state index is 12.6. The van der Waals surface area contributed by atoms with Crippen LogP contribution in [0.25, 0.3) is 0 Å². The van der Waals surface area contributed by atoms with E-state index in [1.54, 1.807) is 72.8 Å². The molecule has 0 saturated heterocycles. The maximum absolute atomic E-state index is 12.6. The summed E-state index contributed by atoms with van der Waals surface area (Å²) in [4.78, 5) is 25.1. The molecule has 0 aliphatic heterocycles. The lowest BCUT2D eigenvalue weighted by molar-refractivity contribution is 0.0730. The van der Waals surface area contributed by atoms with E-state index in [0.717, 1.165) is 0 Å². The van der Waals surface area contributed by atoms with Crippen LogP contribution in [0.2, 0.25) is 5.02 Å². The van der Waals surface area contributed by atoms with Crippen LogP contribution in [0.4, 0.5) is 0 Å². The van der Waals surface area contributed by atoms with Gasteiger partial charge in [0.05, 0.1) is 5.56 Å². The molecule has 0 fully saturated rings. The van der Waals surface area contributed by atoms with Gasteiger partial charge in [-0.3, -0.25) is 4.79 Å². The van der Waals surface area contributed by atoms with Crippen molar-refractivity contribution in [2.75, 3.05) is 0 Å². The van der Waals surface area contributed by atoms with Gasteiger partial charge in [-0.2, -0.15) is 0 Å². The second-order valence-electron chi connectivity index (χ2n) is 5.09. The highest BCUT2D eigenvalue weighted by Crippen LogP contribution is 2.20. The Kier molecular flexibility index (Phi) is 4.73. The van der Waals surface area contributed by atoms with Gasteiger partial charge in [0.1, 0.15) is 5.75 Å². The lowest BCUT2D eigenvalue weighted by Gasteiger charge is -2.09. The topological polar surface area (TPSA) is 43.4 Å². The molecule has 0 saturated carbocycles. The number of hydrogen-bond donors (Lipinski definition) is 0. The summed E-state index contributed by atoms with van der Waals surface area (Å²) in [6.45, 7) is 0. The van der Waals surface area contributed by atoms with Crippen LogP contribution in [0.1, 0.15) is 26.3 Å². The van der Waals surface area contributed by atoms with Crippen LogP contribution < -0.4 is 4.74 Å². The molecule has 118 valence electrons. The highest BCUT2D eigenvalue weighted by Gasteiger charge is 2.19. The van der Waals surface area contributed by atoms with Gasteiger partial charge in [-0.25, -0.2) is 4.79 Å². The molecule has 0 aromatic heterocycles. The second-order valence-corrected chi connectivity index (χ2v) is 5.52. The summed E-state index contributed by atoms with van der Waals surface area (Å²) < 4.78 is 5.33. The molecule has 3 aromatic rings. The highest BCUT2D eigenvalue weighted by atomic mass is 35.5. The zero-order valence-corrected chi connectivity index (χ0v) is 13.4. The van der Waals surface area contributed by atoms with E-state index in [9.17, 15) is 9.59 Å². The third-order valence-corrected chi connectivity index (χ3v) is 3.67. The molecular weight excluding hydrogens is 324 g/mol. The third kappa shape index (κ3) is 3.53. The van der Waals surface area contributed by atoms with Crippen LogP contribution in [0, 0.1) is 0 Å². The van der Waals surface area contributed by atoms with Gasteiger partial charge in [0.2, 0.25) is 0 Å². The second kappa shape index (κ2) is 7.11. The normalized spacial score (nSPS) is 10.2. The number of carbonyl (C=O) groups excluding carboxylic acids is 2. The first-order valence-electron chi connectivity index (χ1n) is 7.31. The fourth-order valence-corrected chi connectivity index (χ4v) is 2.48. The number of esters is 1. The van der Waals surface area contributed by atoms with Crippen LogP contribution in [0.15, 0.2) is 78.9 Å². The first-order valence-corrected chi connectivity index (χ1v) is 7.69. The van der Waals surface area contributed by atoms with Crippen molar-refractivity contribution >= 4 is 23.4 Å². The SMILES string of the molecule is O=C(Oc1cccc(Cl)c1)c1ccccc1C(=O)c1ccccc1. The van der Waals surface area contributed by atoms with E-state index in [1.807, 2.05) is 6.07 Å². The Balaban J connectivity index is 1.91. The van der Waals surface area contributed by atoms with Gasteiger partial charge in [0.25, 0.3) is 0 Å². The quantitative estimate of drug-likeness (QED) is 0.391. The first-order chi connectivity index (χ1) is 11.6. The predicted molar refractivity (Wildman–Crippen MR) is 92.7 cm³/mol. The summed E-state index contributed by atoms with van der Waals surface area (Å²) in [6.07, 6.45) is 0. The molecule has 0 spiro atoms. The van der Waals surface area contributed by atoms with Crippen molar-refractivity contribution in [1.29, 1.82) is 0 Å². The van der Waals surface area contributed by atoms with Gasteiger partial charge >= 0.3 is 5.97 Å². The number of ether oxygens (including phenoxy) is 1. The zero-order chi connectivity index (χ0) is 16.9. The Labute approximate surface area is 144 Å². The van der Waals surface area contributed by atoms with Gasteiger partial charge in [0.15, 0.2) is 5.78 Å². The first kappa shape index (κ1) is 16.0. The minimum atomic E-state index is -0.600. The minimum absolute atomic E-state index is 0.214. The molecular formula is C20H13ClO3. The molecule has 0 atom stereocenters. The van der Waals surface area contributed by atoms with E-state index in [2.05, 4.69) is 0 Å². The van der Waals surface area contributed by atoms with E-state index >= 15 is 0 Å². The van der Waals surface area contributed by atoms with Crippen LogP contribution in [-0.2, 0) is 0 Å². The lowest BCUT2D eigenvalue weighted by Crippen LogP contribution is -2.14. The van der Waals surface area contributed by atoms with Crippen molar-refractivity contribution < 1.29 is 14.3 Å². The molecule has 0 N–H and O–H groups in total. The van der Waals surface area contributed by atoms with Crippen molar-refractivity contribution in [1.82, 2.24) is 0 Å². The lowest BCUT2D eigenvalue weighted by atomic mass is 9.98. The van der Waals surface area contributed by atoms with Crippen molar-refractivity contribution in [3.05, 3.63) is 101 Å². The van der Waals surface area contributed by atoms with Gasteiger partial charge in [-0.15, -0.1) is 0 Å². The Morgan fingerprint density at radius 1 is 0.750 bits per heavy atom. The molecule has 0 amide bonds. The zero-order valence-electron chi connectivity index (χ0n) is 12.6. The molecule has 3 aromatic carbocycles. The molecule has 3 rings (SSSR count). The van der Waals surface area contributed by atoms with Crippen LogP contribution in [-0.4, -0.2) is 11.8 Å². The number of halogens is 1. The largest absolute Gasteiger partial charge is 0.423 e. The average Bonchev–Trinajstić information content (AvgIpc) is 2.62. The number of rotatable bonds is 4. The molecule has 0 unspecified atom stereocenters. The van der Waals surface area contributed by atoms with Crippen LogP contribution in [0.3, 0.4) is 0 Å². The highest BCUT2D eigenvalue weighted by molar-refractivity contribution is 6.30. The summed E-state index contributed by atoms with van der Waals surface area (Å²) >= 11 is 5.89. The van der Waals surface area contributed by atoms with Crippen molar-refractivity contribution in [3.8, 4) is 5.75 Å². The fraction of sp³-hybridized carbons (Fsp3) is 0. The van der Waals surface area contributed by atoms with E-state index in [4.69, 9.17) is 16.3 Å². The fourth-order valence-electron chi connectivity index (χ4n) is 2.30. The van der Waals surface area contributed by atoms with Crippen LogP contribution in [0.5, 0.6) is 5.75 Å². The Morgan fingerprint density at radius 3 is 2.12 bits per heavy atom. The molecule has 0 radical (unpaired) electrons. The minimum Gasteiger partial charge on any atom is -0.423 e. The van der Waals surface area contributed by atoms with Crippen molar-refractivity contribution in [2.24, 2.45) is 0 Å². The maximum Gasteiger partial charge on any atom is 0.344 e. The number of carbonyl (C=O) groups is 2. The number of benzene rings is 3. The van der Waals surface area contributed by atoms with Gasteiger partial charge < -0.3 is 4.74 Å². The number of hydrogen-bond acceptors (Lipinski definition) is 3. The molecule has 24 heavy (non-hydrogen) atoms. The summed E-state index contributed by atoms with van der Waals surface area (Å²) in [6, 6.07) is 21.9. The van der Waals surface area contributed by atoms with E-state index in [0.29, 0.717) is 21.9 Å². The molecule has 0 aliphatic rings. The summed E-state index contributed by atoms with van der Waals surface area (Å²) in [5.74, 6) is -0.499. The average molecular weight is 337 g/mol. The summed E-state index contributed by atoms with van der Waals surface area (Å²) in [7, 11) is 0. The standard InChI is InChI=1S/C20H13ClO3/c21-15-9-6-10-16(13-15)24-20(23)18-12-5-4-11-17(18)19(22)14-7-2-1-3-8-14/h1-13H. The van der Waals surface area contributed by atoms with E-state index in [-0.39, 0.29) is 11.3 Å². The summed E-state index contributed by atoms with van der Waals surface area (Å²) in [5.41, 5.74) is 1.03. The Hall–Kier alpha value is -2.91. The van der Waals surface area contributed by atoms with Gasteiger partial charge in [-0.05, 0) is 24.3 Å². The molecule has 0 aliphatic carbocycles. The molecule has 0 heterocycles. The molecule has 0 bridgehead atoms. The molecule has 4 heteroatoms. The summed E-state index contributed by atoms with van der Waals surface area (Å²) in [5, 5.41) is 0.467. The van der Waals surface area contributed by atoms with Gasteiger partial charge in [-0.1, -0.05) is 66.2 Å². The van der Waals surface area contributed by atoms with Gasteiger partial charge in [0, 0.05) is 16.1 Å². The smallest absolute Gasteiger partial charge is 0.344 e. The third-order valence-electron chi connectivity index (χ3n) is 3.43. The molecule has 3 nitrogen and oxygen atoms in total. The Morgan fingerprint density at radius 2 is 1.42 bits per heavy atom. The van der Waals surface area contributed by atoms with E-state index in [1.165, 1.54) is 0 Å². The monoisotopic (exact) mass is 336 g/mol.